The van der Waals surface area contributed by atoms with Crippen LogP contribution in [0.2, 0.25) is 0 Å². The second-order valence-electron chi connectivity index (χ2n) is 2.67. The van der Waals surface area contributed by atoms with Crippen molar-refractivity contribution in [3.8, 4) is 0 Å². The van der Waals surface area contributed by atoms with E-state index in [0.29, 0.717) is 6.54 Å². The van der Waals surface area contributed by atoms with Crippen LogP contribution >= 0.6 is 11.6 Å². The molecular weight excluding hydrogens is 222 g/mol. The molecule has 0 aliphatic carbocycles. The summed E-state index contributed by atoms with van der Waals surface area (Å²) in [5.41, 5.74) is 0. The summed E-state index contributed by atoms with van der Waals surface area (Å²) < 4.78 is 0. The SMILES string of the molecule is CCN(CC(=O)NC)C(=O)NC(=O)CCl. The number of rotatable bonds is 4. The van der Waals surface area contributed by atoms with Crippen molar-refractivity contribution in [1.29, 1.82) is 0 Å². The Labute approximate surface area is 92.9 Å². The van der Waals surface area contributed by atoms with Crippen molar-refractivity contribution in [1.82, 2.24) is 15.5 Å². The number of hydrogen-bond donors (Lipinski definition) is 2. The lowest BCUT2D eigenvalue weighted by Gasteiger charge is -2.19. The van der Waals surface area contributed by atoms with Gasteiger partial charge in [0, 0.05) is 13.6 Å². The zero-order valence-corrected chi connectivity index (χ0v) is 9.43. The topological polar surface area (TPSA) is 78.5 Å². The maximum Gasteiger partial charge on any atom is 0.324 e. The summed E-state index contributed by atoms with van der Waals surface area (Å²) in [5.74, 6) is -1.18. The molecule has 0 unspecified atom stereocenters. The molecular formula is C8H14ClN3O3. The molecule has 0 rings (SSSR count). The second-order valence-corrected chi connectivity index (χ2v) is 2.94. The van der Waals surface area contributed by atoms with Crippen molar-refractivity contribution in [2.24, 2.45) is 0 Å². The third kappa shape index (κ3) is 5.21. The average molecular weight is 236 g/mol. The monoisotopic (exact) mass is 235 g/mol. The minimum Gasteiger partial charge on any atom is -0.358 e. The number of imide groups is 1. The fourth-order valence-corrected chi connectivity index (χ4v) is 0.878. The van der Waals surface area contributed by atoms with Crippen LogP contribution in [0, 0.1) is 0 Å². The van der Waals surface area contributed by atoms with E-state index < -0.39 is 11.9 Å². The largest absolute Gasteiger partial charge is 0.358 e. The number of nitrogens with zero attached hydrogens (tertiary/aromatic N) is 1. The Kier molecular flexibility index (Phi) is 6.44. The van der Waals surface area contributed by atoms with Gasteiger partial charge >= 0.3 is 6.03 Å². The maximum atomic E-state index is 11.4. The summed E-state index contributed by atoms with van der Waals surface area (Å²) in [6.07, 6.45) is 0. The highest BCUT2D eigenvalue weighted by Gasteiger charge is 2.16. The number of halogens is 1. The highest BCUT2D eigenvalue weighted by Crippen LogP contribution is 1.89. The van der Waals surface area contributed by atoms with E-state index >= 15 is 0 Å². The molecule has 0 aromatic heterocycles. The minimum atomic E-state index is -0.619. The molecule has 0 aromatic rings. The number of carbonyl (C=O) groups is 3. The summed E-state index contributed by atoms with van der Waals surface area (Å²) >= 11 is 5.21. The fourth-order valence-electron chi connectivity index (χ4n) is 0.811. The molecule has 7 heteroatoms. The van der Waals surface area contributed by atoms with Gasteiger partial charge in [0.25, 0.3) is 0 Å². The Balaban J connectivity index is 4.22. The van der Waals surface area contributed by atoms with Crippen LogP contribution in [-0.4, -0.2) is 48.8 Å². The van der Waals surface area contributed by atoms with E-state index in [1.807, 2.05) is 5.32 Å². The standard InChI is InChI=1S/C8H14ClN3O3/c1-3-12(5-7(14)10-2)8(15)11-6(13)4-9/h3-5H2,1-2H3,(H,10,14)(H,11,13,15). The molecule has 0 aliphatic rings. The van der Waals surface area contributed by atoms with Crippen LogP contribution < -0.4 is 10.6 Å². The predicted octanol–water partition coefficient (Wildman–Crippen LogP) is -0.471. The Morgan fingerprint density at radius 3 is 2.27 bits per heavy atom. The predicted molar refractivity (Wildman–Crippen MR) is 55.6 cm³/mol. The first-order chi connectivity index (χ1) is 7.04. The third-order valence-corrected chi connectivity index (χ3v) is 1.89. The molecule has 0 bridgehead atoms. The first-order valence-electron chi connectivity index (χ1n) is 4.40. The normalized spacial score (nSPS) is 9.27. The van der Waals surface area contributed by atoms with Gasteiger partial charge in [0.2, 0.25) is 11.8 Å². The fraction of sp³-hybridized carbons (Fsp3) is 0.625. The quantitative estimate of drug-likeness (QED) is 0.647. The molecule has 0 saturated carbocycles. The molecule has 0 saturated heterocycles. The van der Waals surface area contributed by atoms with Crippen molar-refractivity contribution in [2.75, 3.05) is 26.0 Å². The van der Waals surface area contributed by atoms with Crippen molar-refractivity contribution in [3.63, 3.8) is 0 Å². The van der Waals surface area contributed by atoms with Gasteiger partial charge in [0.15, 0.2) is 0 Å². The van der Waals surface area contributed by atoms with E-state index in [4.69, 9.17) is 11.6 Å². The number of urea groups is 1. The van der Waals surface area contributed by atoms with E-state index in [0.717, 1.165) is 0 Å². The molecule has 0 spiro atoms. The molecule has 0 heterocycles. The highest BCUT2D eigenvalue weighted by atomic mass is 35.5. The molecule has 2 N–H and O–H groups in total. The summed E-state index contributed by atoms with van der Waals surface area (Å²) in [5, 5.41) is 4.43. The number of nitrogens with one attached hydrogen (secondary N) is 2. The lowest BCUT2D eigenvalue weighted by atomic mass is 10.5. The van der Waals surface area contributed by atoms with Crippen LogP contribution in [0.15, 0.2) is 0 Å². The van der Waals surface area contributed by atoms with Gasteiger partial charge < -0.3 is 10.2 Å². The molecule has 4 amide bonds. The zero-order valence-electron chi connectivity index (χ0n) is 8.67. The Morgan fingerprint density at radius 1 is 1.27 bits per heavy atom. The summed E-state index contributed by atoms with van der Waals surface area (Å²) in [6, 6.07) is -0.619. The van der Waals surface area contributed by atoms with Crippen LogP contribution in [0.5, 0.6) is 0 Å². The van der Waals surface area contributed by atoms with Gasteiger partial charge in [0.1, 0.15) is 12.4 Å². The first kappa shape index (κ1) is 13.7. The smallest absolute Gasteiger partial charge is 0.324 e. The molecule has 86 valence electrons. The van der Waals surface area contributed by atoms with Crippen LogP contribution in [0.25, 0.3) is 0 Å². The Morgan fingerprint density at radius 2 is 1.87 bits per heavy atom. The van der Waals surface area contributed by atoms with Crippen molar-refractivity contribution < 1.29 is 14.4 Å². The van der Waals surface area contributed by atoms with Crippen LogP contribution in [0.1, 0.15) is 6.92 Å². The van der Waals surface area contributed by atoms with Crippen LogP contribution in [0.3, 0.4) is 0 Å². The van der Waals surface area contributed by atoms with Gasteiger partial charge in [0.05, 0.1) is 0 Å². The van der Waals surface area contributed by atoms with Crippen molar-refractivity contribution >= 4 is 29.4 Å². The van der Waals surface area contributed by atoms with Gasteiger partial charge in [-0.1, -0.05) is 0 Å². The molecule has 0 aromatic carbocycles. The Hall–Kier alpha value is -1.30. The number of alkyl halides is 1. The first-order valence-corrected chi connectivity index (χ1v) is 4.93. The van der Waals surface area contributed by atoms with Crippen LogP contribution in [-0.2, 0) is 9.59 Å². The van der Waals surface area contributed by atoms with Gasteiger partial charge in [-0.3, -0.25) is 14.9 Å². The third-order valence-electron chi connectivity index (χ3n) is 1.65. The lowest BCUT2D eigenvalue weighted by Crippen LogP contribution is -2.47. The molecule has 0 atom stereocenters. The number of likely N-dealkylation sites (N-methyl/N-ethyl adjacent to an activating group) is 2. The second kappa shape index (κ2) is 7.05. The highest BCUT2D eigenvalue weighted by molar-refractivity contribution is 6.28. The minimum absolute atomic E-state index is 0.0889. The van der Waals surface area contributed by atoms with E-state index in [9.17, 15) is 14.4 Å². The van der Waals surface area contributed by atoms with Crippen molar-refractivity contribution in [3.05, 3.63) is 0 Å². The summed E-state index contributed by atoms with van der Waals surface area (Å²) in [7, 11) is 1.47. The van der Waals surface area contributed by atoms with Gasteiger partial charge in [-0.25, -0.2) is 4.79 Å². The van der Waals surface area contributed by atoms with Gasteiger partial charge in [-0.05, 0) is 6.92 Å². The average Bonchev–Trinajstić information content (AvgIpc) is 2.24. The summed E-state index contributed by atoms with van der Waals surface area (Å²) in [4.78, 5) is 34.4. The van der Waals surface area contributed by atoms with Gasteiger partial charge in [-0.2, -0.15) is 0 Å². The van der Waals surface area contributed by atoms with Crippen molar-refractivity contribution in [2.45, 2.75) is 6.92 Å². The lowest BCUT2D eigenvalue weighted by molar-refractivity contribution is -0.122. The maximum absolute atomic E-state index is 11.4. The number of amides is 4. The zero-order chi connectivity index (χ0) is 11.8. The molecule has 0 fully saturated rings. The summed E-state index contributed by atoms with van der Waals surface area (Å²) in [6.45, 7) is 1.94. The van der Waals surface area contributed by atoms with E-state index in [-0.39, 0.29) is 18.3 Å². The van der Waals surface area contributed by atoms with Crippen LogP contribution in [0.4, 0.5) is 4.79 Å². The Bertz CT molecular complexity index is 258. The molecule has 15 heavy (non-hydrogen) atoms. The van der Waals surface area contributed by atoms with E-state index in [1.165, 1.54) is 11.9 Å². The number of hydrogen-bond acceptors (Lipinski definition) is 3. The molecule has 6 nitrogen and oxygen atoms in total. The van der Waals surface area contributed by atoms with E-state index in [2.05, 4.69) is 5.32 Å². The molecule has 0 aliphatic heterocycles. The molecule has 0 radical (unpaired) electrons. The number of carbonyl (C=O) groups excluding carboxylic acids is 3. The van der Waals surface area contributed by atoms with E-state index in [1.54, 1.807) is 6.92 Å². The van der Waals surface area contributed by atoms with Gasteiger partial charge in [-0.15, -0.1) is 11.6 Å².